The molecule has 3 heterocycles. The topological polar surface area (TPSA) is 75.6 Å². The first-order valence-electron chi connectivity index (χ1n) is 9.01. The van der Waals surface area contributed by atoms with Crippen LogP contribution in [0.3, 0.4) is 0 Å². The molecule has 0 aliphatic carbocycles. The highest BCUT2D eigenvalue weighted by Gasteiger charge is 2.53. The Hall–Kier alpha value is -2.02. The summed E-state index contributed by atoms with van der Waals surface area (Å²) in [5, 5.41) is 7.58. The minimum absolute atomic E-state index is 0.0187. The Bertz CT molecular complexity index is 624. The van der Waals surface area contributed by atoms with Crippen molar-refractivity contribution in [2.45, 2.75) is 50.6 Å². The number of hydrogen-bond acceptors (Lipinski definition) is 5. The molecule has 0 bridgehead atoms. The lowest BCUT2D eigenvalue weighted by molar-refractivity contribution is -0.135. The Morgan fingerprint density at radius 1 is 1.40 bits per heavy atom. The highest BCUT2D eigenvalue weighted by molar-refractivity contribution is 5.94. The number of likely N-dealkylation sites (tertiary alicyclic amines) is 2. The second-order valence-corrected chi connectivity index (χ2v) is 6.80. The number of ether oxygens (including phenoxy) is 1. The van der Waals surface area contributed by atoms with Gasteiger partial charge in [-0.2, -0.15) is 10.2 Å². The molecule has 136 valence electrons. The molecule has 2 fully saturated rings. The van der Waals surface area contributed by atoms with Crippen LogP contribution in [0.1, 0.15) is 49.4 Å². The number of hydrogen-bond donors (Lipinski definition) is 0. The molecule has 0 N–H and O–H groups in total. The van der Waals surface area contributed by atoms with Crippen LogP contribution in [-0.4, -0.2) is 70.2 Å². The molecule has 1 spiro atoms. The highest BCUT2D eigenvalue weighted by Crippen LogP contribution is 2.43. The number of nitrogens with zero attached hydrogens (tertiary/aromatic N) is 4. The number of rotatable bonds is 5. The Morgan fingerprint density at radius 2 is 2.24 bits per heavy atom. The summed E-state index contributed by atoms with van der Waals surface area (Å²) in [4.78, 5) is 29.5. The van der Waals surface area contributed by atoms with Gasteiger partial charge in [0.05, 0.1) is 36.1 Å². The van der Waals surface area contributed by atoms with Gasteiger partial charge in [-0.05, 0) is 31.7 Å². The zero-order chi connectivity index (χ0) is 17.9. The van der Waals surface area contributed by atoms with Gasteiger partial charge in [-0.1, -0.05) is 6.92 Å². The second-order valence-electron chi connectivity index (χ2n) is 6.80. The molecule has 2 atom stereocenters. The average molecular weight is 346 g/mol. The second kappa shape index (κ2) is 7.47. The van der Waals surface area contributed by atoms with E-state index in [1.807, 2.05) is 9.80 Å². The molecular weight excluding hydrogens is 320 g/mol. The van der Waals surface area contributed by atoms with Gasteiger partial charge in [0.15, 0.2) is 0 Å². The van der Waals surface area contributed by atoms with Crippen LogP contribution in [-0.2, 0) is 9.53 Å². The quantitative estimate of drug-likeness (QED) is 0.808. The number of methoxy groups -OCH3 is 1. The summed E-state index contributed by atoms with van der Waals surface area (Å²) in [7, 11) is 1.65. The number of aromatic nitrogens is 2. The minimum atomic E-state index is -0.265. The van der Waals surface area contributed by atoms with E-state index in [-0.39, 0.29) is 23.4 Å². The van der Waals surface area contributed by atoms with Crippen LogP contribution in [0.2, 0.25) is 0 Å². The van der Waals surface area contributed by atoms with Crippen molar-refractivity contribution in [3.05, 3.63) is 24.0 Å². The van der Waals surface area contributed by atoms with E-state index in [1.54, 1.807) is 13.2 Å². The summed E-state index contributed by atoms with van der Waals surface area (Å²) in [5.74, 6) is 0.155. The van der Waals surface area contributed by atoms with Crippen LogP contribution >= 0.6 is 0 Å². The van der Waals surface area contributed by atoms with Gasteiger partial charge in [-0.15, -0.1) is 0 Å². The number of carbonyl (C=O) groups is 2. The molecule has 2 amide bonds. The average Bonchev–Trinajstić information content (AvgIpc) is 2.96. The van der Waals surface area contributed by atoms with Crippen LogP contribution in [0.4, 0.5) is 0 Å². The van der Waals surface area contributed by atoms with Crippen molar-refractivity contribution >= 4 is 11.8 Å². The first-order valence-corrected chi connectivity index (χ1v) is 9.01. The van der Waals surface area contributed by atoms with Crippen LogP contribution in [0.25, 0.3) is 0 Å². The van der Waals surface area contributed by atoms with E-state index in [2.05, 4.69) is 17.1 Å². The molecule has 2 saturated heterocycles. The summed E-state index contributed by atoms with van der Waals surface area (Å²) < 4.78 is 5.21. The minimum Gasteiger partial charge on any atom is -0.383 e. The van der Waals surface area contributed by atoms with Crippen LogP contribution < -0.4 is 0 Å². The number of piperidine rings is 1. The largest absolute Gasteiger partial charge is 0.383 e. The lowest BCUT2D eigenvalue weighted by atomic mass is 9.77. The fraction of sp³-hybridized carbons (Fsp3) is 0.667. The van der Waals surface area contributed by atoms with Crippen molar-refractivity contribution in [2.75, 3.05) is 26.8 Å². The van der Waals surface area contributed by atoms with Crippen molar-refractivity contribution in [3.63, 3.8) is 0 Å². The van der Waals surface area contributed by atoms with Crippen LogP contribution in [0.15, 0.2) is 18.5 Å². The van der Waals surface area contributed by atoms with Gasteiger partial charge < -0.3 is 14.5 Å². The van der Waals surface area contributed by atoms with Crippen molar-refractivity contribution in [1.29, 1.82) is 0 Å². The molecular formula is C18H26N4O3. The lowest BCUT2D eigenvalue weighted by Gasteiger charge is -2.52. The van der Waals surface area contributed by atoms with E-state index >= 15 is 0 Å². The number of carbonyl (C=O) groups excluding carboxylic acids is 2. The van der Waals surface area contributed by atoms with Gasteiger partial charge in [0.25, 0.3) is 5.91 Å². The van der Waals surface area contributed by atoms with Crippen molar-refractivity contribution in [3.8, 4) is 0 Å². The third kappa shape index (κ3) is 3.13. The van der Waals surface area contributed by atoms with Crippen molar-refractivity contribution < 1.29 is 14.3 Å². The van der Waals surface area contributed by atoms with Gasteiger partial charge in [-0.3, -0.25) is 9.59 Å². The molecule has 0 saturated carbocycles. The Balaban J connectivity index is 1.90. The van der Waals surface area contributed by atoms with E-state index in [9.17, 15) is 9.59 Å². The molecule has 0 aromatic carbocycles. The van der Waals surface area contributed by atoms with E-state index < -0.39 is 0 Å². The third-order valence-corrected chi connectivity index (χ3v) is 5.61. The highest BCUT2D eigenvalue weighted by atomic mass is 16.5. The monoisotopic (exact) mass is 346 g/mol. The zero-order valence-electron chi connectivity index (χ0n) is 15.0. The predicted octanol–water partition coefficient (Wildman–Crippen LogP) is 1.50. The van der Waals surface area contributed by atoms with Gasteiger partial charge in [0.1, 0.15) is 0 Å². The maximum atomic E-state index is 13.0. The zero-order valence-corrected chi connectivity index (χ0v) is 15.0. The fourth-order valence-corrected chi connectivity index (χ4v) is 4.57. The molecule has 0 radical (unpaired) electrons. The van der Waals surface area contributed by atoms with Gasteiger partial charge >= 0.3 is 0 Å². The molecule has 1 aromatic heterocycles. The Labute approximate surface area is 148 Å². The fourth-order valence-electron chi connectivity index (χ4n) is 4.57. The molecule has 2 aliphatic heterocycles. The first kappa shape index (κ1) is 17.8. The van der Waals surface area contributed by atoms with Crippen molar-refractivity contribution in [2.24, 2.45) is 0 Å². The standard InChI is InChI=1S/C18H26N4O3/c1-3-15-18(8-5-16(23)22(18)11-12-25-2)7-4-10-21(15)17(24)14-6-9-19-20-13-14/h6,9,13,15H,3-5,7-8,10-12H2,1-2H3/t15-,18-/m0/s1. The number of amides is 2. The molecule has 7 heteroatoms. The Kier molecular flexibility index (Phi) is 5.32. The molecule has 2 aliphatic rings. The van der Waals surface area contributed by atoms with Gasteiger partial charge in [0, 0.05) is 26.6 Å². The van der Waals surface area contributed by atoms with E-state index in [0.717, 1.165) is 25.7 Å². The maximum absolute atomic E-state index is 13.0. The summed E-state index contributed by atoms with van der Waals surface area (Å²) >= 11 is 0. The first-order chi connectivity index (χ1) is 12.1. The predicted molar refractivity (Wildman–Crippen MR) is 91.9 cm³/mol. The molecule has 0 unspecified atom stereocenters. The van der Waals surface area contributed by atoms with Gasteiger partial charge in [-0.25, -0.2) is 0 Å². The summed E-state index contributed by atoms with van der Waals surface area (Å²) in [5.41, 5.74) is 0.289. The van der Waals surface area contributed by atoms with E-state index in [4.69, 9.17) is 4.74 Å². The molecule has 7 nitrogen and oxygen atoms in total. The normalized spacial score (nSPS) is 26.5. The smallest absolute Gasteiger partial charge is 0.255 e. The summed E-state index contributed by atoms with van der Waals surface area (Å²) in [6.07, 6.45) is 7.08. The lowest BCUT2D eigenvalue weighted by Crippen LogP contribution is -2.64. The van der Waals surface area contributed by atoms with Crippen molar-refractivity contribution in [1.82, 2.24) is 20.0 Å². The SMILES string of the molecule is CC[C@@H]1N(C(=O)c2ccnnc2)CCC[C@]12CCC(=O)N2CCOC. The third-order valence-electron chi connectivity index (χ3n) is 5.61. The van der Waals surface area contributed by atoms with Gasteiger partial charge in [0.2, 0.25) is 5.91 Å². The molecule has 3 rings (SSSR count). The Morgan fingerprint density at radius 3 is 2.92 bits per heavy atom. The summed E-state index contributed by atoms with van der Waals surface area (Å²) in [6, 6.07) is 1.72. The van der Waals surface area contributed by atoms with Crippen LogP contribution in [0, 0.1) is 0 Å². The summed E-state index contributed by atoms with van der Waals surface area (Å²) in [6.45, 7) is 3.92. The molecule has 1 aromatic rings. The van der Waals surface area contributed by atoms with Crippen LogP contribution in [0.5, 0.6) is 0 Å². The maximum Gasteiger partial charge on any atom is 0.255 e. The van der Waals surface area contributed by atoms with E-state index in [1.165, 1.54) is 12.4 Å². The molecule has 25 heavy (non-hydrogen) atoms. The van der Waals surface area contributed by atoms with E-state index in [0.29, 0.717) is 31.7 Å².